The van der Waals surface area contributed by atoms with E-state index in [0.29, 0.717) is 18.5 Å². The van der Waals surface area contributed by atoms with Crippen LogP contribution in [-0.2, 0) is 9.84 Å². The average molecular weight is 262 g/mol. The van der Waals surface area contributed by atoms with Gasteiger partial charge in [-0.25, -0.2) is 8.42 Å². The number of hydrogen-bond donors (Lipinski definition) is 1. The minimum absolute atomic E-state index is 0.254. The molecular weight excluding hydrogens is 236 g/mol. The van der Waals surface area contributed by atoms with Gasteiger partial charge in [-0.05, 0) is 39.8 Å². The molecule has 1 fully saturated rings. The molecule has 0 aromatic rings. The van der Waals surface area contributed by atoms with E-state index in [1.807, 2.05) is 0 Å². The minimum atomic E-state index is -2.90. The van der Waals surface area contributed by atoms with Crippen LogP contribution in [0.15, 0.2) is 0 Å². The Kier molecular flexibility index (Phi) is 5.41. The molecule has 2 atom stereocenters. The molecule has 1 rings (SSSR count). The van der Waals surface area contributed by atoms with Gasteiger partial charge in [0.2, 0.25) is 0 Å². The summed E-state index contributed by atoms with van der Waals surface area (Å²) in [5, 5.41) is 3.13. The first-order chi connectivity index (χ1) is 7.83. The van der Waals surface area contributed by atoms with E-state index >= 15 is 0 Å². The highest BCUT2D eigenvalue weighted by Gasteiger charge is 2.24. The maximum Gasteiger partial charge on any atom is 0.153 e. The lowest BCUT2D eigenvalue weighted by Gasteiger charge is -2.35. The number of nitrogens with zero attached hydrogens (tertiary/aromatic N) is 1. The summed E-state index contributed by atoms with van der Waals surface area (Å²) in [6.45, 7) is 8.48. The summed E-state index contributed by atoms with van der Waals surface area (Å²) >= 11 is 0. The first-order valence-electron chi connectivity index (χ1n) is 6.46. The van der Waals surface area contributed by atoms with Crippen LogP contribution in [0.2, 0.25) is 0 Å². The number of hydrogen-bond acceptors (Lipinski definition) is 4. The van der Waals surface area contributed by atoms with Crippen molar-refractivity contribution in [3.05, 3.63) is 0 Å². The van der Waals surface area contributed by atoms with E-state index in [0.717, 1.165) is 19.5 Å². The summed E-state index contributed by atoms with van der Waals surface area (Å²) in [6.07, 6.45) is 1.11. The van der Waals surface area contributed by atoms with E-state index in [9.17, 15) is 8.42 Å². The van der Waals surface area contributed by atoms with Gasteiger partial charge in [-0.3, -0.25) is 0 Å². The van der Waals surface area contributed by atoms with Crippen LogP contribution in [0.5, 0.6) is 0 Å². The van der Waals surface area contributed by atoms with Gasteiger partial charge in [-0.1, -0.05) is 6.92 Å². The van der Waals surface area contributed by atoms with Crippen LogP contribution in [0.4, 0.5) is 0 Å². The minimum Gasteiger partial charge on any atom is -0.313 e. The molecule has 17 heavy (non-hydrogen) atoms. The van der Waals surface area contributed by atoms with Gasteiger partial charge in [-0.2, -0.15) is 0 Å². The highest BCUT2D eigenvalue weighted by atomic mass is 32.2. The number of likely N-dealkylation sites (tertiary alicyclic amines) is 1. The van der Waals surface area contributed by atoms with E-state index in [4.69, 9.17) is 0 Å². The average Bonchev–Trinajstić information content (AvgIpc) is 2.21. The van der Waals surface area contributed by atoms with Gasteiger partial charge in [0.15, 0.2) is 9.84 Å². The molecular formula is C12H26N2O2S. The van der Waals surface area contributed by atoms with Gasteiger partial charge in [0.1, 0.15) is 0 Å². The molecule has 0 amide bonds. The Bertz CT molecular complexity index is 327. The fraction of sp³-hybridized carbons (Fsp3) is 1.00. The fourth-order valence-electron chi connectivity index (χ4n) is 2.28. The molecule has 4 nitrogen and oxygen atoms in total. The Hall–Kier alpha value is -0.130. The predicted molar refractivity (Wildman–Crippen MR) is 72.0 cm³/mol. The van der Waals surface area contributed by atoms with Crippen molar-refractivity contribution in [2.24, 2.45) is 5.92 Å². The zero-order chi connectivity index (χ0) is 13.1. The van der Waals surface area contributed by atoms with Gasteiger partial charge in [0.05, 0.1) is 11.0 Å². The van der Waals surface area contributed by atoms with E-state index in [1.165, 1.54) is 0 Å². The van der Waals surface area contributed by atoms with Crippen molar-refractivity contribution in [2.45, 2.75) is 38.5 Å². The lowest BCUT2D eigenvalue weighted by molar-refractivity contribution is 0.177. The Morgan fingerprint density at radius 1 is 1.41 bits per heavy atom. The van der Waals surface area contributed by atoms with E-state index in [1.54, 1.807) is 13.8 Å². The Morgan fingerprint density at radius 3 is 2.59 bits per heavy atom. The highest BCUT2D eigenvalue weighted by molar-refractivity contribution is 7.92. The topological polar surface area (TPSA) is 49.4 Å². The van der Waals surface area contributed by atoms with Crippen molar-refractivity contribution in [3.63, 3.8) is 0 Å². The molecule has 0 aromatic heterocycles. The highest BCUT2D eigenvalue weighted by Crippen LogP contribution is 2.15. The number of rotatable bonds is 5. The maximum atomic E-state index is 11.7. The molecule has 0 radical (unpaired) electrons. The molecule has 0 aliphatic carbocycles. The second kappa shape index (κ2) is 6.16. The third-order valence-corrected chi connectivity index (χ3v) is 5.83. The van der Waals surface area contributed by atoms with Crippen molar-refractivity contribution in [1.82, 2.24) is 10.2 Å². The first-order valence-corrected chi connectivity index (χ1v) is 8.18. The Morgan fingerprint density at radius 2 is 2.06 bits per heavy atom. The summed E-state index contributed by atoms with van der Waals surface area (Å²) < 4.78 is 23.3. The van der Waals surface area contributed by atoms with E-state index < -0.39 is 9.84 Å². The number of piperidine rings is 1. The Balaban J connectivity index is 2.32. The normalized spacial score (nSPS) is 27.6. The molecule has 5 heteroatoms. The summed E-state index contributed by atoms with van der Waals surface area (Å²) in [5.74, 6) is 0.847. The third kappa shape index (κ3) is 4.56. The summed E-state index contributed by atoms with van der Waals surface area (Å²) in [7, 11) is -0.765. The summed E-state index contributed by atoms with van der Waals surface area (Å²) in [4.78, 5) is 2.33. The number of sulfone groups is 1. The first kappa shape index (κ1) is 14.9. The molecule has 0 bridgehead atoms. The van der Waals surface area contributed by atoms with E-state index in [2.05, 4.69) is 24.2 Å². The summed E-state index contributed by atoms with van der Waals surface area (Å²) in [5.41, 5.74) is 0. The van der Waals surface area contributed by atoms with E-state index in [-0.39, 0.29) is 11.0 Å². The van der Waals surface area contributed by atoms with Gasteiger partial charge in [0, 0.05) is 19.1 Å². The molecule has 0 aromatic carbocycles. The van der Waals surface area contributed by atoms with Crippen molar-refractivity contribution >= 4 is 9.84 Å². The second-order valence-corrected chi connectivity index (χ2v) is 8.18. The van der Waals surface area contributed by atoms with Gasteiger partial charge >= 0.3 is 0 Å². The lowest BCUT2D eigenvalue weighted by atomic mass is 9.94. The quantitative estimate of drug-likeness (QED) is 0.794. The predicted octanol–water partition coefficient (Wildman–Crippen LogP) is 0.739. The molecule has 1 saturated heterocycles. The summed E-state index contributed by atoms with van der Waals surface area (Å²) in [6, 6.07) is 0.466. The van der Waals surface area contributed by atoms with Crippen molar-refractivity contribution in [2.75, 3.05) is 32.4 Å². The molecule has 1 N–H and O–H groups in total. The smallest absolute Gasteiger partial charge is 0.153 e. The van der Waals surface area contributed by atoms with Crippen LogP contribution in [-0.4, -0.2) is 57.0 Å². The van der Waals surface area contributed by atoms with Crippen LogP contribution in [0.25, 0.3) is 0 Å². The van der Waals surface area contributed by atoms with Crippen molar-refractivity contribution in [3.8, 4) is 0 Å². The van der Waals surface area contributed by atoms with Crippen LogP contribution in [0, 0.1) is 5.92 Å². The number of nitrogens with one attached hydrogen (secondary N) is 1. The third-order valence-electron chi connectivity index (χ3n) is 3.62. The zero-order valence-electron chi connectivity index (χ0n) is 11.4. The lowest BCUT2D eigenvalue weighted by Crippen LogP contribution is -2.48. The van der Waals surface area contributed by atoms with Crippen LogP contribution >= 0.6 is 0 Å². The molecule has 1 aliphatic heterocycles. The Labute approximate surface area is 106 Å². The second-order valence-electron chi connectivity index (χ2n) is 5.50. The van der Waals surface area contributed by atoms with Crippen LogP contribution < -0.4 is 5.32 Å². The monoisotopic (exact) mass is 262 g/mol. The van der Waals surface area contributed by atoms with Gasteiger partial charge < -0.3 is 10.2 Å². The standard InChI is InChI=1S/C12H26N2O2S/c1-10(2)17(15,16)8-6-13-12-5-7-14(4)9-11(12)3/h10-13H,5-9H2,1-4H3. The van der Waals surface area contributed by atoms with Crippen molar-refractivity contribution < 1.29 is 8.42 Å². The molecule has 0 saturated carbocycles. The van der Waals surface area contributed by atoms with Crippen molar-refractivity contribution in [1.29, 1.82) is 0 Å². The van der Waals surface area contributed by atoms with Gasteiger partial charge in [0.25, 0.3) is 0 Å². The molecule has 1 heterocycles. The molecule has 0 spiro atoms. The maximum absolute atomic E-state index is 11.7. The van der Waals surface area contributed by atoms with Crippen LogP contribution in [0.1, 0.15) is 27.2 Å². The van der Waals surface area contributed by atoms with Gasteiger partial charge in [-0.15, -0.1) is 0 Å². The SMILES string of the molecule is CC1CN(C)CCC1NCCS(=O)(=O)C(C)C. The molecule has 2 unspecified atom stereocenters. The molecule has 102 valence electrons. The fourth-order valence-corrected chi connectivity index (χ4v) is 3.15. The van der Waals surface area contributed by atoms with Crippen LogP contribution in [0.3, 0.4) is 0 Å². The largest absolute Gasteiger partial charge is 0.313 e. The zero-order valence-corrected chi connectivity index (χ0v) is 12.3. The molecule has 1 aliphatic rings.